The summed E-state index contributed by atoms with van der Waals surface area (Å²) in [5, 5.41) is 0. The Morgan fingerprint density at radius 3 is 2.56 bits per heavy atom. The van der Waals surface area contributed by atoms with Crippen molar-refractivity contribution in [3.8, 4) is 0 Å². The molecule has 1 rings (SSSR count). The van der Waals surface area contributed by atoms with Gasteiger partial charge in [0.05, 0.1) is 22.2 Å². The first-order valence-electron chi connectivity index (χ1n) is 4.41. The van der Waals surface area contributed by atoms with Crippen LogP contribution in [0.5, 0.6) is 0 Å². The number of benzene rings is 1. The highest BCUT2D eigenvalue weighted by Crippen LogP contribution is 2.15. The van der Waals surface area contributed by atoms with E-state index in [1.165, 1.54) is 12.1 Å². The lowest BCUT2D eigenvalue weighted by atomic mass is 10.3. The van der Waals surface area contributed by atoms with Gasteiger partial charge in [0.15, 0.2) is 0 Å². The van der Waals surface area contributed by atoms with Crippen LogP contribution in [0.3, 0.4) is 0 Å². The van der Waals surface area contributed by atoms with Crippen molar-refractivity contribution in [3.05, 3.63) is 24.0 Å². The molecule has 0 fully saturated rings. The largest absolute Gasteiger partial charge is 0.396 e. The molecule has 1 aromatic carbocycles. The first-order valence-corrected chi connectivity index (χ1v) is 7.78. The number of sulfone groups is 1. The molecule has 2 N–H and O–H groups in total. The molecule has 0 spiro atoms. The molecule has 0 amide bonds. The molecule has 0 radical (unpaired) electrons. The summed E-state index contributed by atoms with van der Waals surface area (Å²) in [5.74, 6) is -0.876. The summed E-state index contributed by atoms with van der Waals surface area (Å²) in [5.41, 5.74) is 5.24. The normalized spacial score (nSPS) is 13.6. The van der Waals surface area contributed by atoms with E-state index in [1.54, 1.807) is 0 Å². The van der Waals surface area contributed by atoms with E-state index in [0.29, 0.717) is 0 Å². The molecule has 16 heavy (non-hydrogen) atoms. The first kappa shape index (κ1) is 13.1. The first-order chi connectivity index (χ1) is 7.29. The number of hydrogen-bond acceptors (Lipinski definition) is 4. The minimum Gasteiger partial charge on any atom is -0.396 e. The molecule has 0 aliphatic heterocycles. The van der Waals surface area contributed by atoms with Crippen LogP contribution >= 0.6 is 0 Å². The summed E-state index contributed by atoms with van der Waals surface area (Å²) in [4.78, 5) is 0.246. The third kappa shape index (κ3) is 3.90. The molecule has 1 aromatic rings. The molecule has 1 unspecified atom stereocenters. The molecule has 0 heterocycles. The summed E-state index contributed by atoms with van der Waals surface area (Å²) in [6, 6.07) is 3.80. The molecule has 90 valence electrons. The second-order valence-electron chi connectivity index (χ2n) is 3.36. The van der Waals surface area contributed by atoms with E-state index in [1.807, 2.05) is 0 Å². The van der Waals surface area contributed by atoms with Crippen LogP contribution in [-0.2, 0) is 20.6 Å². The fourth-order valence-electron chi connectivity index (χ4n) is 0.994. The van der Waals surface area contributed by atoms with Crippen LogP contribution in [0, 0.1) is 5.82 Å². The maximum atomic E-state index is 13.0. The van der Waals surface area contributed by atoms with Gasteiger partial charge in [-0.1, -0.05) is 0 Å². The van der Waals surface area contributed by atoms with Crippen molar-refractivity contribution in [1.29, 1.82) is 0 Å². The molecule has 0 aliphatic rings. The molecular weight excluding hydrogens is 253 g/mol. The quantitative estimate of drug-likeness (QED) is 0.807. The van der Waals surface area contributed by atoms with Gasteiger partial charge in [-0.3, -0.25) is 4.21 Å². The van der Waals surface area contributed by atoms with Crippen molar-refractivity contribution in [2.45, 2.75) is 4.90 Å². The second kappa shape index (κ2) is 4.92. The number of anilines is 1. The fourth-order valence-corrected chi connectivity index (χ4v) is 3.50. The smallest absolute Gasteiger partial charge is 0.148 e. The summed E-state index contributed by atoms with van der Waals surface area (Å²) >= 11 is 0. The van der Waals surface area contributed by atoms with Gasteiger partial charge in [0.25, 0.3) is 0 Å². The van der Waals surface area contributed by atoms with Gasteiger partial charge in [-0.15, -0.1) is 0 Å². The number of hydrogen-bond donors (Lipinski definition) is 1. The summed E-state index contributed by atoms with van der Waals surface area (Å²) < 4.78 is 46.3. The van der Waals surface area contributed by atoms with Gasteiger partial charge < -0.3 is 5.73 Å². The molecule has 0 saturated carbocycles. The fraction of sp³-hybridized carbons (Fsp3) is 0.333. The van der Waals surface area contributed by atoms with E-state index in [0.717, 1.165) is 12.3 Å². The number of nitrogen functional groups attached to an aromatic ring is 1. The van der Waals surface area contributed by atoms with Gasteiger partial charge >= 0.3 is 0 Å². The summed E-state index contributed by atoms with van der Waals surface area (Å²) in [6.07, 6.45) is 1.06. The van der Waals surface area contributed by atoms with E-state index >= 15 is 0 Å². The van der Waals surface area contributed by atoms with Crippen LogP contribution in [0.15, 0.2) is 23.1 Å². The predicted octanol–water partition coefficient (Wildman–Crippen LogP) is 0.560. The zero-order valence-electron chi connectivity index (χ0n) is 8.64. The number of nitrogens with two attached hydrogens (primary N) is 1. The Hall–Kier alpha value is -0.950. The SMILES string of the molecule is CS(=O)(=O)CCS(=O)c1ccc(N)c(F)c1. The zero-order chi connectivity index (χ0) is 12.3. The third-order valence-electron chi connectivity index (χ3n) is 1.87. The van der Waals surface area contributed by atoms with Crippen molar-refractivity contribution in [2.24, 2.45) is 0 Å². The maximum absolute atomic E-state index is 13.0. The molecule has 7 heteroatoms. The minimum absolute atomic E-state index is 0.0242. The lowest BCUT2D eigenvalue weighted by Gasteiger charge is -2.03. The van der Waals surface area contributed by atoms with Crippen molar-refractivity contribution < 1.29 is 17.0 Å². The van der Waals surface area contributed by atoms with Gasteiger partial charge in [0.1, 0.15) is 15.7 Å². The average Bonchev–Trinajstić information content (AvgIpc) is 2.17. The Bertz CT molecular complexity index is 513. The minimum atomic E-state index is -3.16. The molecule has 4 nitrogen and oxygen atoms in total. The van der Waals surface area contributed by atoms with Gasteiger partial charge in [-0.2, -0.15) is 0 Å². The van der Waals surface area contributed by atoms with Gasteiger partial charge in [-0.05, 0) is 18.2 Å². The van der Waals surface area contributed by atoms with Gasteiger partial charge in [0, 0.05) is 16.9 Å². The average molecular weight is 265 g/mol. The molecule has 0 aliphatic carbocycles. The summed E-state index contributed by atoms with van der Waals surface area (Å²) in [6.45, 7) is 0. The highest BCUT2D eigenvalue weighted by molar-refractivity contribution is 7.92. The van der Waals surface area contributed by atoms with E-state index in [2.05, 4.69) is 0 Å². The third-order valence-corrected chi connectivity index (χ3v) is 4.43. The van der Waals surface area contributed by atoms with Crippen molar-refractivity contribution >= 4 is 26.3 Å². The van der Waals surface area contributed by atoms with E-state index in [-0.39, 0.29) is 22.1 Å². The molecule has 1 atom stereocenters. The highest BCUT2D eigenvalue weighted by Gasteiger charge is 2.10. The predicted molar refractivity (Wildman–Crippen MR) is 61.8 cm³/mol. The van der Waals surface area contributed by atoms with Crippen LogP contribution in [-0.4, -0.2) is 30.4 Å². The number of rotatable bonds is 4. The van der Waals surface area contributed by atoms with Crippen LogP contribution in [0.2, 0.25) is 0 Å². The van der Waals surface area contributed by atoms with Crippen LogP contribution in [0.4, 0.5) is 10.1 Å². The maximum Gasteiger partial charge on any atom is 0.148 e. The zero-order valence-corrected chi connectivity index (χ0v) is 10.3. The Morgan fingerprint density at radius 2 is 2.06 bits per heavy atom. The molecule has 0 aromatic heterocycles. The van der Waals surface area contributed by atoms with Gasteiger partial charge in [-0.25, -0.2) is 12.8 Å². The van der Waals surface area contributed by atoms with Crippen LogP contribution in [0.1, 0.15) is 0 Å². The van der Waals surface area contributed by atoms with Crippen molar-refractivity contribution in [1.82, 2.24) is 0 Å². The monoisotopic (exact) mass is 265 g/mol. The molecular formula is C9H12FNO3S2. The highest BCUT2D eigenvalue weighted by atomic mass is 32.2. The lowest BCUT2D eigenvalue weighted by molar-refractivity contribution is 0.602. The van der Waals surface area contributed by atoms with E-state index in [4.69, 9.17) is 5.73 Å². The lowest BCUT2D eigenvalue weighted by Crippen LogP contribution is -2.12. The molecule has 0 saturated heterocycles. The summed E-state index contributed by atoms with van der Waals surface area (Å²) in [7, 11) is -4.68. The molecule has 0 bridgehead atoms. The van der Waals surface area contributed by atoms with Crippen LogP contribution in [0.25, 0.3) is 0 Å². The second-order valence-corrected chi connectivity index (χ2v) is 7.19. The van der Waals surface area contributed by atoms with Crippen molar-refractivity contribution in [2.75, 3.05) is 23.5 Å². The van der Waals surface area contributed by atoms with Crippen molar-refractivity contribution in [3.63, 3.8) is 0 Å². The topological polar surface area (TPSA) is 77.2 Å². The number of halogens is 1. The standard InChI is InChI=1S/C9H12FNO3S2/c1-16(13,14)5-4-15(12)7-2-3-9(11)8(10)6-7/h2-3,6H,4-5,11H2,1H3. The van der Waals surface area contributed by atoms with Gasteiger partial charge in [0.2, 0.25) is 0 Å². The van der Waals surface area contributed by atoms with E-state index in [9.17, 15) is 17.0 Å². The van der Waals surface area contributed by atoms with Crippen LogP contribution < -0.4 is 5.73 Å². The van der Waals surface area contributed by atoms with E-state index < -0.39 is 26.5 Å². The Labute approximate surface area is 96.0 Å². The Kier molecular flexibility index (Phi) is 4.03. The Balaban J connectivity index is 2.78. The Morgan fingerprint density at radius 1 is 1.44 bits per heavy atom.